The first kappa shape index (κ1) is 27.7. The van der Waals surface area contributed by atoms with Gasteiger partial charge in [0.1, 0.15) is 5.82 Å². The number of rotatable bonds is 6. The second-order valence-corrected chi connectivity index (χ2v) is 11.9. The molecule has 2 heterocycles. The van der Waals surface area contributed by atoms with Gasteiger partial charge in [-0.05, 0) is 57.9 Å². The van der Waals surface area contributed by atoms with Crippen LogP contribution < -0.4 is 5.32 Å². The fourth-order valence-corrected chi connectivity index (χ4v) is 6.84. The van der Waals surface area contributed by atoms with Crippen LogP contribution in [0.1, 0.15) is 5.56 Å². The molecule has 0 atom stereocenters. The number of nitrogens with one attached hydrogen (secondary N) is 2. The van der Waals surface area contributed by atoms with Gasteiger partial charge in [-0.15, -0.1) is 0 Å². The zero-order valence-corrected chi connectivity index (χ0v) is 25.9. The van der Waals surface area contributed by atoms with Crippen molar-refractivity contribution in [3.05, 3.63) is 163 Å². The zero-order chi connectivity index (χ0) is 32.0. The Morgan fingerprint density at radius 3 is 2.00 bits per heavy atom. The van der Waals surface area contributed by atoms with E-state index in [1.165, 1.54) is 22.4 Å². The highest BCUT2D eigenvalue weighted by Crippen LogP contribution is 2.41. The quantitative estimate of drug-likeness (QED) is 0.144. The summed E-state index contributed by atoms with van der Waals surface area (Å²) >= 11 is 0. The number of anilines is 2. The first-order chi connectivity index (χ1) is 23.7. The van der Waals surface area contributed by atoms with Gasteiger partial charge in [0.05, 0.1) is 16.7 Å². The van der Waals surface area contributed by atoms with Gasteiger partial charge in [0.2, 0.25) is 0 Å². The molecule has 0 saturated carbocycles. The molecular weight excluding hydrogens is 587 g/mol. The van der Waals surface area contributed by atoms with Crippen LogP contribution in [0, 0.1) is 5.41 Å². The van der Waals surface area contributed by atoms with Gasteiger partial charge in [-0.1, -0.05) is 115 Å². The lowest BCUT2D eigenvalue weighted by molar-refractivity contribution is 1.05. The molecule has 9 aromatic rings. The van der Waals surface area contributed by atoms with E-state index in [0.29, 0.717) is 5.82 Å². The molecule has 0 aliphatic rings. The summed E-state index contributed by atoms with van der Waals surface area (Å²) in [5.74, 6) is 1.42. The summed E-state index contributed by atoms with van der Waals surface area (Å²) in [7, 11) is 0. The fraction of sp³-hybridized carbons (Fsp3) is 0. The Morgan fingerprint density at radius 1 is 0.542 bits per heavy atom. The maximum atomic E-state index is 8.71. The Morgan fingerprint density at radius 2 is 1.23 bits per heavy atom. The van der Waals surface area contributed by atoms with Gasteiger partial charge < -0.3 is 10.7 Å². The average molecular weight is 616 g/mol. The number of hydrogen-bond donors (Lipinski definition) is 2. The molecule has 0 radical (unpaired) electrons. The Kier molecular flexibility index (Phi) is 6.54. The molecule has 5 heteroatoms. The second-order valence-electron chi connectivity index (χ2n) is 11.9. The van der Waals surface area contributed by atoms with Crippen molar-refractivity contribution >= 4 is 60.9 Å². The van der Waals surface area contributed by atoms with Gasteiger partial charge in [-0.2, -0.15) is 0 Å². The third kappa shape index (κ3) is 4.60. The molecule has 0 unspecified atom stereocenters. The molecule has 2 aromatic heterocycles. The highest BCUT2D eigenvalue weighted by Gasteiger charge is 2.21. The molecule has 0 saturated heterocycles. The molecule has 0 aliphatic heterocycles. The van der Waals surface area contributed by atoms with E-state index < -0.39 is 0 Å². The molecule has 2 N–H and O–H groups in total. The Bertz CT molecular complexity index is 2590. The highest BCUT2D eigenvalue weighted by molar-refractivity contribution is 6.22. The minimum absolute atomic E-state index is 0.656. The number of fused-ring (bicyclic) bond motifs is 6. The molecule has 0 bridgehead atoms. The van der Waals surface area contributed by atoms with Crippen LogP contribution in [0.5, 0.6) is 0 Å². The van der Waals surface area contributed by atoms with Crippen LogP contribution in [0.2, 0.25) is 0 Å². The zero-order valence-electron chi connectivity index (χ0n) is 25.9. The van der Waals surface area contributed by atoms with Gasteiger partial charge in [-0.3, -0.25) is 4.57 Å². The van der Waals surface area contributed by atoms with E-state index in [1.54, 1.807) is 0 Å². The lowest BCUT2D eigenvalue weighted by Gasteiger charge is -2.13. The summed E-state index contributed by atoms with van der Waals surface area (Å²) in [6.07, 6.45) is 1.47. The summed E-state index contributed by atoms with van der Waals surface area (Å²) in [5.41, 5.74) is 7.46. The molecule has 5 nitrogen and oxygen atoms in total. The van der Waals surface area contributed by atoms with Crippen LogP contribution in [-0.2, 0) is 0 Å². The van der Waals surface area contributed by atoms with Gasteiger partial charge in [-0.25, -0.2) is 9.97 Å². The normalized spacial score (nSPS) is 11.4. The smallest absolute Gasteiger partial charge is 0.162 e. The van der Waals surface area contributed by atoms with Crippen molar-refractivity contribution in [3.8, 4) is 28.5 Å². The topological polar surface area (TPSA) is 66.6 Å². The van der Waals surface area contributed by atoms with Crippen molar-refractivity contribution in [2.45, 2.75) is 0 Å². The Labute approximate surface area is 277 Å². The fourth-order valence-electron chi connectivity index (χ4n) is 6.84. The largest absolute Gasteiger partial charge is 0.355 e. The molecule has 0 fully saturated rings. The standard InChI is InChI=1S/C43H29N5/c44-27-36-37(45-32-17-8-3-9-18-32)22-23-39-42(36)35-25-34-31(21-20-28-12-10-11-19-33(28)34)24-40(35)48(39)41-26-38(29-13-4-1-5-14-29)46-43(47-41)30-15-6-2-7-16-30/h1-27,44-45H. The summed E-state index contributed by atoms with van der Waals surface area (Å²) < 4.78 is 2.24. The molecule has 9 rings (SSSR count). The molecule has 0 aliphatic carbocycles. The molecule has 48 heavy (non-hydrogen) atoms. The third-order valence-corrected chi connectivity index (χ3v) is 9.08. The van der Waals surface area contributed by atoms with E-state index in [9.17, 15) is 0 Å². The molecule has 7 aromatic carbocycles. The van der Waals surface area contributed by atoms with E-state index in [4.69, 9.17) is 15.4 Å². The van der Waals surface area contributed by atoms with Crippen LogP contribution in [0.15, 0.2) is 158 Å². The van der Waals surface area contributed by atoms with Crippen LogP contribution in [-0.4, -0.2) is 20.7 Å². The van der Waals surface area contributed by atoms with Gasteiger partial charge in [0.25, 0.3) is 0 Å². The minimum Gasteiger partial charge on any atom is -0.355 e. The van der Waals surface area contributed by atoms with E-state index >= 15 is 0 Å². The van der Waals surface area contributed by atoms with Crippen molar-refractivity contribution in [1.29, 1.82) is 5.41 Å². The van der Waals surface area contributed by atoms with Crippen LogP contribution in [0.25, 0.3) is 71.8 Å². The summed E-state index contributed by atoms with van der Waals surface area (Å²) in [6, 6.07) is 54.2. The predicted octanol–water partition coefficient (Wildman–Crippen LogP) is 11.0. The highest BCUT2D eigenvalue weighted by atomic mass is 15.1. The van der Waals surface area contributed by atoms with E-state index in [2.05, 4.69) is 88.7 Å². The Hall–Kier alpha value is -6.59. The number of hydrogen-bond acceptors (Lipinski definition) is 4. The van der Waals surface area contributed by atoms with Crippen molar-refractivity contribution in [2.75, 3.05) is 5.32 Å². The summed E-state index contributed by atoms with van der Waals surface area (Å²) in [4.78, 5) is 10.3. The first-order valence-corrected chi connectivity index (χ1v) is 16.0. The number of benzene rings is 7. The maximum absolute atomic E-state index is 8.71. The number of para-hydroxylation sites is 1. The molecule has 0 amide bonds. The lowest BCUT2D eigenvalue weighted by Crippen LogP contribution is -2.03. The maximum Gasteiger partial charge on any atom is 0.162 e. The molecule has 0 spiro atoms. The summed E-state index contributed by atoms with van der Waals surface area (Å²) in [6.45, 7) is 0. The Balaban J connectivity index is 1.40. The van der Waals surface area contributed by atoms with E-state index in [0.717, 1.165) is 66.8 Å². The van der Waals surface area contributed by atoms with Gasteiger partial charge >= 0.3 is 0 Å². The van der Waals surface area contributed by atoms with Crippen molar-refractivity contribution in [2.24, 2.45) is 0 Å². The van der Waals surface area contributed by atoms with Crippen LogP contribution in [0.4, 0.5) is 11.4 Å². The minimum atomic E-state index is 0.656. The van der Waals surface area contributed by atoms with Crippen LogP contribution >= 0.6 is 0 Å². The molecule has 226 valence electrons. The first-order valence-electron chi connectivity index (χ1n) is 16.0. The number of aromatic nitrogens is 3. The van der Waals surface area contributed by atoms with Crippen molar-refractivity contribution in [1.82, 2.24) is 14.5 Å². The number of nitrogens with zero attached hydrogens (tertiary/aromatic N) is 3. The SMILES string of the molecule is N=Cc1c(Nc2ccccc2)ccc2c1c1cc3c(ccc4ccccc43)cc1n2-c1cc(-c2ccccc2)nc(-c2ccccc2)n1. The lowest BCUT2D eigenvalue weighted by atomic mass is 9.98. The predicted molar refractivity (Wildman–Crippen MR) is 200 cm³/mol. The van der Waals surface area contributed by atoms with Crippen molar-refractivity contribution in [3.63, 3.8) is 0 Å². The third-order valence-electron chi connectivity index (χ3n) is 9.08. The monoisotopic (exact) mass is 615 g/mol. The average Bonchev–Trinajstić information content (AvgIpc) is 3.48. The van der Waals surface area contributed by atoms with Crippen LogP contribution in [0.3, 0.4) is 0 Å². The van der Waals surface area contributed by atoms with E-state index in [1.807, 2.05) is 78.9 Å². The van der Waals surface area contributed by atoms with E-state index in [-0.39, 0.29) is 0 Å². The van der Waals surface area contributed by atoms with Gasteiger partial charge in [0.15, 0.2) is 5.82 Å². The van der Waals surface area contributed by atoms with Crippen molar-refractivity contribution < 1.29 is 0 Å². The summed E-state index contributed by atoms with van der Waals surface area (Å²) in [5, 5.41) is 19.1. The second kappa shape index (κ2) is 11.3. The van der Waals surface area contributed by atoms with Gasteiger partial charge in [0, 0.05) is 51.1 Å². The molecular formula is C43H29N5.